The van der Waals surface area contributed by atoms with Crippen LogP contribution in [0.4, 0.5) is 5.82 Å². The van der Waals surface area contributed by atoms with E-state index in [4.69, 9.17) is 5.11 Å². The maximum absolute atomic E-state index is 11.0. The lowest BCUT2D eigenvalue weighted by molar-refractivity contribution is -0.142. The molecule has 1 aromatic heterocycles. The van der Waals surface area contributed by atoms with Crippen LogP contribution in [0.2, 0.25) is 0 Å². The molecule has 2 heterocycles. The minimum atomic E-state index is -0.688. The van der Waals surface area contributed by atoms with Crippen molar-refractivity contribution >= 4 is 45.3 Å². The van der Waals surface area contributed by atoms with Crippen molar-refractivity contribution in [2.75, 3.05) is 18.0 Å². The number of rotatable bonds is 2. The van der Waals surface area contributed by atoms with Gasteiger partial charge in [0, 0.05) is 22.0 Å². The summed E-state index contributed by atoms with van der Waals surface area (Å²) in [5.74, 6) is 0.00332. The van der Waals surface area contributed by atoms with E-state index in [1.165, 1.54) is 0 Å². The molecule has 1 aliphatic rings. The number of carboxylic acids is 1. The number of nitrogens with zero attached hydrogens (tertiary/aromatic N) is 3. The van der Waals surface area contributed by atoms with Gasteiger partial charge in [-0.25, -0.2) is 9.97 Å². The summed E-state index contributed by atoms with van der Waals surface area (Å²) in [6.07, 6.45) is 2.92. The second-order valence-corrected chi connectivity index (χ2v) is 6.20. The number of carbonyl (C=O) groups is 1. The van der Waals surface area contributed by atoms with Gasteiger partial charge in [-0.1, -0.05) is 0 Å². The molecule has 0 spiro atoms. The summed E-state index contributed by atoms with van der Waals surface area (Å²) in [4.78, 5) is 21.9. The summed E-state index contributed by atoms with van der Waals surface area (Å²) in [6, 6.07) is 6.09. The van der Waals surface area contributed by atoms with Gasteiger partial charge in [-0.3, -0.25) is 4.79 Å². The van der Waals surface area contributed by atoms with Crippen LogP contribution < -0.4 is 4.90 Å². The molecule has 0 unspecified atom stereocenters. The normalized spacial score (nSPS) is 16.6. The summed E-state index contributed by atoms with van der Waals surface area (Å²) in [5, 5.41) is 10.1. The summed E-state index contributed by atoms with van der Waals surface area (Å²) in [7, 11) is 0. The molecule has 1 aliphatic heterocycles. The van der Waals surface area contributed by atoms with Crippen LogP contribution in [0.25, 0.3) is 10.9 Å². The molecule has 1 N–H and O–H groups in total. The molecule has 1 saturated heterocycles. The number of benzene rings is 1. The first kappa shape index (κ1) is 13.5. The Morgan fingerprint density at radius 2 is 2.05 bits per heavy atom. The van der Waals surface area contributed by atoms with E-state index < -0.39 is 5.97 Å². The van der Waals surface area contributed by atoms with Crippen LogP contribution in [0, 0.1) is 9.49 Å². The van der Waals surface area contributed by atoms with Gasteiger partial charge in [0.05, 0.1) is 11.4 Å². The van der Waals surface area contributed by atoms with Crippen molar-refractivity contribution in [3.05, 3.63) is 28.1 Å². The van der Waals surface area contributed by atoms with Gasteiger partial charge in [0.25, 0.3) is 0 Å². The molecule has 3 rings (SSSR count). The zero-order chi connectivity index (χ0) is 14.1. The lowest BCUT2D eigenvalue weighted by Crippen LogP contribution is -2.36. The van der Waals surface area contributed by atoms with Crippen molar-refractivity contribution in [3.8, 4) is 0 Å². The second-order valence-electron chi connectivity index (χ2n) is 4.96. The smallest absolute Gasteiger partial charge is 0.306 e. The average Bonchev–Trinajstić information content (AvgIpc) is 2.46. The van der Waals surface area contributed by atoms with E-state index in [9.17, 15) is 4.79 Å². The number of piperidine rings is 1. The van der Waals surface area contributed by atoms with Crippen LogP contribution in [-0.4, -0.2) is 34.1 Å². The third-order valence-electron chi connectivity index (χ3n) is 3.72. The van der Waals surface area contributed by atoms with Crippen molar-refractivity contribution in [1.29, 1.82) is 0 Å². The van der Waals surface area contributed by atoms with Gasteiger partial charge in [-0.2, -0.15) is 0 Å². The van der Waals surface area contributed by atoms with Crippen LogP contribution in [-0.2, 0) is 4.79 Å². The highest BCUT2D eigenvalue weighted by Gasteiger charge is 2.25. The van der Waals surface area contributed by atoms with E-state index in [1.807, 2.05) is 12.1 Å². The van der Waals surface area contributed by atoms with E-state index in [0.29, 0.717) is 12.8 Å². The number of carboxylic acid groups (broad SMARTS) is 1. The number of halogens is 1. The molecule has 1 fully saturated rings. The number of fused-ring (bicyclic) bond motifs is 1. The predicted octanol–water partition coefficient (Wildman–Crippen LogP) is 2.54. The van der Waals surface area contributed by atoms with Crippen LogP contribution in [0.15, 0.2) is 24.5 Å². The molecule has 5 nitrogen and oxygen atoms in total. The Hall–Kier alpha value is -1.44. The number of hydrogen-bond donors (Lipinski definition) is 1. The number of aromatic nitrogens is 2. The Morgan fingerprint density at radius 1 is 1.30 bits per heavy atom. The SMILES string of the molecule is O=C(O)C1CCN(c2ncnc3ccc(I)cc23)CC1. The lowest BCUT2D eigenvalue weighted by atomic mass is 9.97. The van der Waals surface area contributed by atoms with Crippen LogP contribution >= 0.6 is 22.6 Å². The fraction of sp³-hybridized carbons (Fsp3) is 0.357. The van der Waals surface area contributed by atoms with Crippen molar-refractivity contribution in [2.24, 2.45) is 5.92 Å². The standard InChI is InChI=1S/C14H14IN3O2/c15-10-1-2-12-11(7-10)13(17-8-16-12)18-5-3-9(4-6-18)14(19)20/h1-2,7-9H,3-6H2,(H,19,20). The third kappa shape index (κ3) is 2.56. The van der Waals surface area contributed by atoms with E-state index in [-0.39, 0.29) is 5.92 Å². The molecule has 0 aliphatic carbocycles. The van der Waals surface area contributed by atoms with Gasteiger partial charge >= 0.3 is 5.97 Å². The van der Waals surface area contributed by atoms with Crippen LogP contribution in [0.3, 0.4) is 0 Å². The quantitative estimate of drug-likeness (QED) is 0.808. The fourth-order valence-corrected chi connectivity index (χ4v) is 3.10. The monoisotopic (exact) mass is 383 g/mol. The summed E-state index contributed by atoms with van der Waals surface area (Å²) in [5.41, 5.74) is 0.927. The van der Waals surface area contributed by atoms with Crippen LogP contribution in [0.5, 0.6) is 0 Å². The Balaban J connectivity index is 1.91. The molecule has 20 heavy (non-hydrogen) atoms. The molecule has 0 bridgehead atoms. The lowest BCUT2D eigenvalue weighted by Gasteiger charge is -2.31. The first-order valence-corrected chi connectivity index (χ1v) is 7.61. The van der Waals surface area contributed by atoms with Gasteiger partial charge in [0.1, 0.15) is 12.1 Å². The highest BCUT2D eigenvalue weighted by Crippen LogP contribution is 2.28. The molecule has 104 valence electrons. The Labute approximate surface area is 130 Å². The summed E-state index contributed by atoms with van der Waals surface area (Å²) in [6.45, 7) is 1.46. The van der Waals surface area contributed by atoms with Crippen molar-refractivity contribution < 1.29 is 9.90 Å². The zero-order valence-corrected chi connectivity index (χ0v) is 12.9. The number of anilines is 1. The largest absolute Gasteiger partial charge is 0.481 e. The first-order valence-electron chi connectivity index (χ1n) is 6.53. The molecule has 0 radical (unpaired) electrons. The predicted molar refractivity (Wildman–Crippen MR) is 84.8 cm³/mol. The second kappa shape index (κ2) is 5.51. The van der Waals surface area contributed by atoms with Crippen molar-refractivity contribution in [2.45, 2.75) is 12.8 Å². The average molecular weight is 383 g/mol. The molecule has 0 saturated carbocycles. The maximum atomic E-state index is 11.0. The topological polar surface area (TPSA) is 66.3 Å². The highest BCUT2D eigenvalue weighted by atomic mass is 127. The minimum Gasteiger partial charge on any atom is -0.481 e. The summed E-state index contributed by atoms with van der Waals surface area (Å²) < 4.78 is 1.14. The zero-order valence-electron chi connectivity index (χ0n) is 10.8. The van der Waals surface area contributed by atoms with Crippen molar-refractivity contribution in [3.63, 3.8) is 0 Å². The van der Waals surface area contributed by atoms with E-state index in [0.717, 1.165) is 33.4 Å². The molecule has 1 aromatic carbocycles. The van der Waals surface area contributed by atoms with Crippen LogP contribution in [0.1, 0.15) is 12.8 Å². The number of aliphatic carboxylic acids is 1. The highest BCUT2D eigenvalue weighted by molar-refractivity contribution is 14.1. The maximum Gasteiger partial charge on any atom is 0.306 e. The van der Waals surface area contributed by atoms with Gasteiger partial charge in [0.2, 0.25) is 0 Å². The van der Waals surface area contributed by atoms with Crippen molar-refractivity contribution in [1.82, 2.24) is 9.97 Å². The molecular weight excluding hydrogens is 369 g/mol. The summed E-state index contributed by atoms with van der Waals surface area (Å²) >= 11 is 2.28. The molecule has 0 amide bonds. The molecular formula is C14H14IN3O2. The molecule has 2 aromatic rings. The van der Waals surface area contributed by atoms with Gasteiger partial charge < -0.3 is 10.0 Å². The Kier molecular flexibility index (Phi) is 3.73. The Bertz CT molecular complexity index is 654. The van der Waals surface area contributed by atoms with Gasteiger partial charge in [-0.05, 0) is 53.6 Å². The first-order chi connectivity index (χ1) is 9.65. The van der Waals surface area contributed by atoms with E-state index in [1.54, 1.807) is 6.33 Å². The third-order valence-corrected chi connectivity index (χ3v) is 4.39. The fourth-order valence-electron chi connectivity index (χ4n) is 2.61. The van der Waals surface area contributed by atoms with Gasteiger partial charge in [0.15, 0.2) is 0 Å². The Morgan fingerprint density at radius 3 is 2.75 bits per heavy atom. The molecule has 6 heteroatoms. The van der Waals surface area contributed by atoms with E-state index >= 15 is 0 Å². The molecule has 0 atom stereocenters. The number of hydrogen-bond acceptors (Lipinski definition) is 4. The minimum absolute atomic E-state index is 0.223. The van der Waals surface area contributed by atoms with E-state index in [2.05, 4.69) is 43.5 Å². The van der Waals surface area contributed by atoms with Gasteiger partial charge in [-0.15, -0.1) is 0 Å².